The second-order valence-electron chi connectivity index (χ2n) is 3.42. The van der Waals surface area contributed by atoms with Gasteiger partial charge >= 0.3 is 11.9 Å². The van der Waals surface area contributed by atoms with E-state index in [0.29, 0.717) is 15.8 Å². The molecule has 0 aromatic carbocycles. The smallest absolute Gasteiger partial charge is 0.258 e. The van der Waals surface area contributed by atoms with Crippen molar-refractivity contribution in [3.8, 4) is 5.69 Å². The highest BCUT2D eigenvalue weighted by Gasteiger charge is 2.34. The Bertz CT molecular complexity index is 641. The maximum Gasteiger partial charge on any atom is 0.433 e. The SMILES string of the molecule is O=[N+]([O-])c1cnc(C(F)(F)F)cc1-n1cc(I)cn1. The molecule has 100 valence electrons. The Labute approximate surface area is 117 Å². The minimum absolute atomic E-state index is 0.282. The van der Waals surface area contributed by atoms with Crippen molar-refractivity contribution in [1.29, 1.82) is 0 Å². The first kappa shape index (κ1) is 13.7. The molecule has 0 unspecified atom stereocenters. The van der Waals surface area contributed by atoms with Crippen LogP contribution in [0.5, 0.6) is 0 Å². The number of pyridine rings is 1. The Kier molecular flexibility index (Phi) is 3.43. The van der Waals surface area contributed by atoms with Crippen LogP contribution in [0.4, 0.5) is 18.9 Å². The molecule has 0 aliphatic heterocycles. The van der Waals surface area contributed by atoms with Crippen molar-refractivity contribution < 1.29 is 18.1 Å². The van der Waals surface area contributed by atoms with E-state index in [0.717, 1.165) is 4.68 Å². The van der Waals surface area contributed by atoms with Crippen LogP contribution in [0, 0.1) is 13.7 Å². The van der Waals surface area contributed by atoms with Gasteiger partial charge in [0.15, 0.2) is 0 Å². The maximum atomic E-state index is 12.6. The maximum absolute atomic E-state index is 12.6. The molecule has 0 amide bonds. The number of alkyl halides is 3. The molecule has 2 aromatic rings. The van der Waals surface area contributed by atoms with E-state index in [1.165, 1.54) is 12.4 Å². The van der Waals surface area contributed by atoms with E-state index < -0.39 is 22.5 Å². The van der Waals surface area contributed by atoms with Crippen LogP contribution in [-0.4, -0.2) is 19.7 Å². The molecule has 0 aliphatic rings. The van der Waals surface area contributed by atoms with Crippen molar-refractivity contribution in [3.63, 3.8) is 0 Å². The third kappa shape index (κ3) is 2.83. The highest BCUT2D eigenvalue weighted by atomic mass is 127. The lowest BCUT2D eigenvalue weighted by Gasteiger charge is -2.08. The molecule has 2 aromatic heterocycles. The van der Waals surface area contributed by atoms with E-state index in [-0.39, 0.29) is 5.69 Å². The molecule has 0 atom stereocenters. The van der Waals surface area contributed by atoms with Gasteiger partial charge in [-0.2, -0.15) is 18.3 Å². The second-order valence-corrected chi connectivity index (χ2v) is 4.66. The van der Waals surface area contributed by atoms with Crippen LogP contribution in [0.25, 0.3) is 5.69 Å². The number of aromatic nitrogens is 3. The van der Waals surface area contributed by atoms with Crippen molar-refractivity contribution in [2.75, 3.05) is 0 Å². The molecular formula is C9H4F3IN4O2. The van der Waals surface area contributed by atoms with Crippen LogP contribution in [0.1, 0.15) is 5.69 Å². The van der Waals surface area contributed by atoms with E-state index in [9.17, 15) is 23.3 Å². The van der Waals surface area contributed by atoms with Crippen molar-refractivity contribution in [2.45, 2.75) is 6.18 Å². The Morgan fingerprint density at radius 3 is 2.53 bits per heavy atom. The number of nitro groups is 1. The minimum atomic E-state index is -4.68. The van der Waals surface area contributed by atoms with E-state index in [1.807, 2.05) is 22.6 Å². The van der Waals surface area contributed by atoms with Crippen LogP contribution >= 0.6 is 22.6 Å². The zero-order valence-electron chi connectivity index (χ0n) is 8.93. The third-order valence-corrected chi connectivity index (χ3v) is 2.70. The van der Waals surface area contributed by atoms with Gasteiger partial charge in [0.2, 0.25) is 0 Å². The number of nitrogens with zero attached hydrogens (tertiary/aromatic N) is 4. The summed E-state index contributed by atoms with van der Waals surface area (Å²) >= 11 is 1.89. The monoisotopic (exact) mass is 384 g/mol. The summed E-state index contributed by atoms with van der Waals surface area (Å²) in [6.07, 6.45) is -1.35. The van der Waals surface area contributed by atoms with Crippen LogP contribution in [0.3, 0.4) is 0 Å². The van der Waals surface area contributed by atoms with Crippen LogP contribution in [-0.2, 0) is 6.18 Å². The average Bonchev–Trinajstić information content (AvgIpc) is 2.73. The molecule has 2 heterocycles. The summed E-state index contributed by atoms with van der Waals surface area (Å²) in [7, 11) is 0. The molecule has 0 aliphatic carbocycles. The van der Waals surface area contributed by atoms with E-state index in [1.54, 1.807) is 0 Å². The number of rotatable bonds is 2. The van der Waals surface area contributed by atoms with Crippen molar-refractivity contribution in [3.05, 3.63) is 44.0 Å². The quantitative estimate of drug-likeness (QED) is 0.454. The van der Waals surface area contributed by atoms with Crippen molar-refractivity contribution in [2.24, 2.45) is 0 Å². The van der Waals surface area contributed by atoms with Gasteiger partial charge in [-0.15, -0.1) is 0 Å². The van der Waals surface area contributed by atoms with Crippen LogP contribution in [0.15, 0.2) is 24.7 Å². The number of hydrogen-bond acceptors (Lipinski definition) is 4. The summed E-state index contributed by atoms with van der Waals surface area (Å²) in [4.78, 5) is 13.1. The van der Waals surface area contributed by atoms with Crippen LogP contribution < -0.4 is 0 Å². The minimum Gasteiger partial charge on any atom is -0.258 e. The summed E-state index contributed by atoms with van der Waals surface area (Å²) in [5, 5.41) is 14.6. The zero-order valence-corrected chi connectivity index (χ0v) is 11.1. The second kappa shape index (κ2) is 4.75. The van der Waals surface area contributed by atoms with Crippen molar-refractivity contribution >= 4 is 28.3 Å². The normalized spacial score (nSPS) is 11.6. The lowest BCUT2D eigenvalue weighted by Crippen LogP contribution is -2.11. The summed E-state index contributed by atoms with van der Waals surface area (Å²) in [5.74, 6) is 0. The fraction of sp³-hybridized carbons (Fsp3) is 0.111. The Balaban J connectivity index is 2.64. The van der Waals surface area contributed by atoms with Gasteiger partial charge in [0.1, 0.15) is 17.6 Å². The van der Waals surface area contributed by atoms with E-state index in [4.69, 9.17) is 0 Å². The van der Waals surface area contributed by atoms with Gasteiger partial charge in [-0.25, -0.2) is 9.67 Å². The number of halogens is 4. The third-order valence-electron chi connectivity index (χ3n) is 2.15. The van der Waals surface area contributed by atoms with Gasteiger partial charge in [0, 0.05) is 12.3 Å². The average molecular weight is 384 g/mol. The molecular weight excluding hydrogens is 380 g/mol. The molecule has 19 heavy (non-hydrogen) atoms. The highest BCUT2D eigenvalue weighted by molar-refractivity contribution is 14.1. The molecule has 2 rings (SSSR count). The molecule has 0 spiro atoms. The van der Waals surface area contributed by atoms with Gasteiger partial charge in [-0.05, 0) is 22.6 Å². The summed E-state index contributed by atoms with van der Waals surface area (Å²) in [6, 6.07) is 0.598. The Morgan fingerprint density at radius 2 is 2.05 bits per heavy atom. The molecule has 6 nitrogen and oxygen atoms in total. The highest BCUT2D eigenvalue weighted by Crippen LogP contribution is 2.31. The fourth-order valence-electron chi connectivity index (χ4n) is 1.35. The first-order valence-electron chi connectivity index (χ1n) is 4.71. The molecule has 10 heteroatoms. The predicted molar refractivity (Wildman–Crippen MR) is 65.7 cm³/mol. The van der Waals surface area contributed by atoms with E-state index in [2.05, 4.69) is 10.1 Å². The lowest BCUT2D eigenvalue weighted by atomic mass is 10.3. The van der Waals surface area contributed by atoms with Gasteiger partial charge in [-0.3, -0.25) is 10.1 Å². The standard InChI is InChI=1S/C9H4F3IN4O2/c10-9(11,12)8-1-6(7(3-14-8)17(18)19)16-4-5(13)2-15-16/h1-4H. The fourth-order valence-corrected chi connectivity index (χ4v) is 1.74. The number of hydrogen-bond donors (Lipinski definition) is 0. The van der Waals surface area contributed by atoms with Crippen LogP contribution in [0.2, 0.25) is 0 Å². The summed E-state index contributed by atoms with van der Waals surface area (Å²) < 4.78 is 39.3. The molecule has 0 saturated carbocycles. The lowest BCUT2D eigenvalue weighted by molar-refractivity contribution is -0.385. The Hall–Kier alpha value is -1.72. The molecule has 0 bridgehead atoms. The van der Waals surface area contributed by atoms with Gasteiger partial charge in [0.05, 0.1) is 14.7 Å². The van der Waals surface area contributed by atoms with Gasteiger partial charge < -0.3 is 0 Å². The summed E-state index contributed by atoms with van der Waals surface area (Å²) in [6.45, 7) is 0. The Morgan fingerprint density at radius 1 is 1.37 bits per heavy atom. The topological polar surface area (TPSA) is 73.8 Å². The largest absolute Gasteiger partial charge is 0.433 e. The van der Waals surface area contributed by atoms with Gasteiger partial charge in [-0.1, -0.05) is 0 Å². The summed E-state index contributed by atoms with van der Waals surface area (Å²) in [5.41, 5.74) is -2.04. The van der Waals surface area contributed by atoms with Crippen molar-refractivity contribution in [1.82, 2.24) is 14.8 Å². The molecule has 0 fully saturated rings. The zero-order chi connectivity index (χ0) is 14.2. The predicted octanol–water partition coefficient (Wildman–Crippen LogP) is 2.80. The van der Waals surface area contributed by atoms with Gasteiger partial charge in [0.25, 0.3) is 0 Å². The molecule has 0 saturated heterocycles. The molecule has 0 N–H and O–H groups in total. The first-order valence-corrected chi connectivity index (χ1v) is 5.79. The molecule has 0 radical (unpaired) electrons. The van der Waals surface area contributed by atoms with E-state index >= 15 is 0 Å². The first-order chi connectivity index (χ1) is 8.79.